The summed E-state index contributed by atoms with van der Waals surface area (Å²) in [6.45, 7) is 6.94. The Labute approximate surface area is 99.0 Å². The van der Waals surface area contributed by atoms with E-state index >= 15 is 0 Å². The van der Waals surface area contributed by atoms with Gasteiger partial charge in [-0.15, -0.1) is 0 Å². The van der Waals surface area contributed by atoms with Crippen LogP contribution in [0.15, 0.2) is 0 Å². The van der Waals surface area contributed by atoms with Crippen LogP contribution in [0.3, 0.4) is 0 Å². The molecule has 3 heteroatoms. The van der Waals surface area contributed by atoms with Gasteiger partial charge in [-0.3, -0.25) is 0 Å². The molecule has 1 aliphatic rings. The van der Waals surface area contributed by atoms with Crippen LogP contribution in [0.4, 0.5) is 0 Å². The minimum atomic E-state index is 0.891. The predicted octanol–water partition coefficient (Wildman–Crippen LogP) is 2.25. The molecule has 0 aromatic carbocycles. The highest BCUT2D eigenvalue weighted by atomic mass is 32.2. The fraction of sp³-hybridized carbons (Fsp3) is 1.00. The van der Waals surface area contributed by atoms with Gasteiger partial charge in [-0.25, -0.2) is 0 Å². The van der Waals surface area contributed by atoms with Crippen LogP contribution in [0.1, 0.15) is 39.0 Å². The maximum absolute atomic E-state index is 3.57. The summed E-state index contributed by atoms with van der Waals surface area (Å²) >= 11 is 2.16. The van der Waals surface area contributed by atoms with Gasteiger partial charge < -0.3 is 10.6 Å². The van der Waals surface area contributed by atoms with E-state index in [1.807, 2.05) is 0 Å². The van der Waals surface area contributed by atoms with Gasteiger partial charge in [0.15, 0.2) is 0 Å². The zero-order valence-corrected chi connectivity index (χ0v) is 10.9. The van der Waals surface area contributed by atoms with Gasteiger partial charge in [0.25, 0.3) is 0 Å². The third-order valence-corrected chi connectivity index (χ3v) is 4.18. The summed E-state index contributed by atoms with van der Waals surface area (Å²) in [6.07, 6.45) is 6.80. The van der Waals surface area contributed by atoms with E-state index in [4.69, 9.17) is 0 Å². The molecule has 0 amide bonds. The van der Waals surface area contributed by atoms with E-state index in [1.165, 1.54) is 64.0 Å². The molecule has 1 unspecified atom stereocenters. The van der Waals surface area contributed by atoms with Crippen LogP contribution in [0.5, 0.6) is 0 Å². The summed E-state index contributed by atoms with van der Waals surface area (Å²) < 4.78 is 0. The smallest absolute Gasteiger partial charge is 0.0172 e. The van der Waals surface area contributed by atoms with E-state index in [0.717, 1.165) is 5.25 Å². The van der Waals surface area contributed by atoms with Gasteiger partial charge >= 0.3 is 0 Å². The van der Waals surface area contributed by atoms with Gasteiger partial charge in [-0.1, -0.05) is 13.3 Å². The molecule has 1 aliphatic heterocycles. The number of nitrogens with one attached hydrogen (secondary N) is 2. The molecule has 2 nitrogen and oxygen atoms in total. The molecule has 1 heterocycles. The Bertz CT molecular complexity index is 136. The fourth-order valence-corrected chi connectivity index (χ4v) is 3.14. The van der Waals surface area contributed by atoms with Gasteiger partial charge in [0, 0.05) is 11.8 Å². The number of rotatable bonds is 8. The molecule has 0 aliphatic carbocycles. The average molecular weight is 230 g/mol. The molecule has 1 fully saturated rings. The van der Waals surface area contributed by atoms with Gasteiger partial charge in [-0.2, -0.15) is 11.8 Å². The first-order valence-corrected chi connectivity index (χ1v) is 7.51. The first-order chi connectivity index (χ1) is 7.43. The second-order valence-electron chi connectivity index (χ2n) is 4.30. The van der Waals surface area contributed by atoms with E-state index in [9.17, 15) is 0 Å². The number of hydrogen-bond acceptors (Lipinski definition) is 3. The summed E-state index contributed by atoms with van der Waals surface area (Å²) in [4.78, 5) is 0. The van der Waals surface area contributed by atoms with Crippen molar-refractivity contribution in [3.05, 3.63) is 0 Å². The fourth-order valence-electron chi connectivity index (χ4n) is 1.87. The standard InChI is InChI=1S/C12H26N2S/c1-2-7-13-8-5-9-14-11-12-6-3-4-10-15-12/h12-14H,2-11H2,1H3. The molecule has 1 rings (SSSR count). The normalized spacial score (nSPS) is 21.8. The molecule has 2 N–H and O–H groups in total. The highest BCUT2D eigenvalue weighted by Gasteiger charge is 2.12. The first-order valence-electron chi connectivity index (χ1n) is 6.46. The molecule has 0 aromatic heterocycles. The van der Waals surface area contributed by atoms with Gasteiger partial charge in [0.05, 0.1) is 0 Å². The van der Waals surface area contributed by atoms with E-state index in [-0.39, 0.29) is 0 Å². The average Bonchev–Trinajstić information content (AvgIpc) is 2.29. The van der Waals surface area contributed by atoms with Crippen molar-refractivity contribution in [2.75, 3.05) is 31.9 Å². The summed E-state index contributed by atoms with van der Waals surface area (Å²) in [5.74, 6) is 1.38. The second kappa shape index (κ2) is 9.49. The summed E-state index contributed by atoms with van der Waals surface area (Å²) in [5, 5.41) is 7.89. The summed E-state index contributed by atoms with van der Waals surface area (Å²) in [6, 6.07) is 0. The maximum Gasteiger partial charge on any atom is 0.0172 e. The van der Waals surface area contributed by atoms with Crippen LogP contribution >= 0.6 is 11.8 Å². The predicted molar refractivity (Wildman–Crippen MR) is 70.7 cm³/mol. The summed E-state index contributed by atoms with van der Waals surface area (Å²) in [5.41, 5.74) is 0. The highest BCUT2D eigenvalue weighted by Crippen LogP contribution is 2.24. The molecular formula is C12H26N2S. The van der Waals surface area contributed by atoms with Crippen molar-refractivity contribution < 1.29 is 0 Å². The van der Waals surface area contributed by atoms with Crippen LogP contribution in [0.2, 0.25) is 0 Å². The van der Waals surface area contributed by atoms with E-state index in [1.54, 1.807) is 0 Å². The number of thioether (sulfide) groups is 1. The lowest BCUT2D eigenvalue weighted by Crippen LogP contribution is -2.29. The third kappa shape index (κ3) is 7.20. The number of hydrogen-bond donors (Lipinski definition) is 2. The van der Waals surface area contributed by atoms with Crippen molar-refractivity contribution in [2.24, 2.45) is 0 Å². The Kier molecular flexibility index (Phi) is 8.44. The third-order valence-electron chi connectivity index (χ3n) is 2.78. The Balaban J connectivity index is 1.79. The molecule has 1 atom stereocenters. The van der Waals surface area contributed by atoms with Crippen molar-refractivity contribution in [1.29, 1.82) is 0 Å². The highest BCUT2D eigenvalue weighted by molar-refractivity contribution is 7.99. The maximum atomic E-state index is 3.57. The molecule has 1 saturated heterocycles. The van der Waals surface area contributed by atoms with Crippen molar-refractivity contribution in [2.45, 2.75) is 44.3 Å². The summed E-state index contributed by atoms with van der Waals surface area (Å²) in [7, 11) is 0. The van der Waals surface area contributed by atoms with Crippen molar-refractivity contribution >= 4 is 11.8 Å². The Hall–Kier alpha value is 0.270. The lowest BCUT2D eigenvalue weighted by atomic mass is 10.2. The van der Waals surface area contributed by atoms with Gasteiger partial charge in [0.1, 0.15) is 0 Å². The van der Waals surface area contributed by atoms with Crippen LogP contribution in [0, 0.1) is 0 Å². The van der Waals surface area contributed by atoms with E-state index in [0.29, 0.717) is 0 Å². The molecular weight excluding hydrogens is 204 g/mol. The largest absolute Gasteiger partial charge is 0.317 e. The lowest BCUT2D eigenvalue weighted by molar-refractivity contribution is 0.565. The quantitative estimate of drug-likeness (QED) is 0.626. The second-order valence-corrected chi connectivity index (χ2v) is 5.70. The first kappa shape index (κ1) is 13.3. The van der Waals surface area contributed by atoms with Crippen molar-refractivity contribution in [1.82, 2.24) is 10.6 Å². The van der Waals surface area contributed by atoms with Gasteiger partial charge in [0.2, 0.25) is 0 Å². The zero-order valence-electron chi connectivity index (χ0n) is 10.1. The lowest BCUT2D eigenvalue weighted by Gasteiger charge is -2.21. The van der Waals surface area contributed by atoms with Crippen molar-refractivity contribution in [3.8, 4) is 0 Å². The molecule has 15 heavy (non-hydrogen) atoms. The Morgan fingerprint density at radius 3 is 2.73 bits per heavy atom. The monoisotopic (exact) mass is 230 g/mol. The molecule has 0 spiro atoms. The molecule has 0 bridgehead atoms. The minimum absolute atomic E-state index is 0.891. The SMILES string of the molecule is CCCNCCCNCC1CCCCS1. The Morgan fingerprint density at radius 1 is 1.13 bits per heavy atom. The molecule has 0 radical (unpaired) electrons. The van der Waals surface area contributed by atoms with E-state index < -0.39 is 0 Å². The molecule has 0 saturated carbocycles. The Morgan fingerprint density at radius 2 is 2.00 bits per heavy atom. The van der Waals surface area contributed by atoms with E-state index in [2.05, 4.69) is 29.3 Å². The van der Waals surface area contributed by atoms with Gasteiger partial charge in [-0.05, 0) is 51.1 Å². The van der Waals surface area contributed by atoms with Crippen LogP contribution in [-0.4, -0.2) is 37.2 Å². The van der Waals surface area contributed by atoms with Crippen molar-refractivity contribution in [3.63, 3.8) is 0 Å². The minimum Gasteiger partial charge on any atom is -0.317 e. The van der Waals surface area contributed by atoms with Crippen LogP contribution in [-0.2, 0) is 0 Å². The molecule has 0 aromatic rings. The molecule has 90 valence electrons. The zero-order chi connectivity index (χ0) is 10.8. The van der Waals surface area contributed by atoms with Crippen LogP contribution < -0.4 is 10.6 Å². The topological polar surface area (TPSA) is 24.1 Å². The van der Waals surface area contributed by atoms with Crippen LogP contribution in [0.25, 0.3) is 0 Å².